The Morgan fingerprint density at radius 3 is 2.73 bits per heavy atom. The molecule has 0 bridgehead atoms. The third-order valence-electron chi connectivity index (χ3n) is 4.39. The lowest BCUT2D eigenvalue weighted by Crippen LogP contribution is -2.33. The predicted octanol–water partition coefficient (Wildman–Crippen LogP) is 2.96. The average Bonchev–Trinajstić information content (AvgIpc) is 3.30. The first-order valence-electron chi connectivity index (χ1n) is 7.63. The van der Waals surface area contributed by atoms with Crippen LogP contribution in [0.25, 0.3) is 0 Å². The van der Waals surface area contributed by atoms with Crippen LogP contribution in [0.15, 0.2) is 18.2 Å². The molecule has 1 fully saturated rings. The van der Waals surface area contributed by atoms with Gasteiger partial charge in [0, 0.05) is 36.8 Å². The second-order valence-electron chi connectivity index (χ2n) is 6.11. The van der Waals surface area contributed by atoms with Gasteiger partial charge in [0.25, 0.3) is 5.69 Å². The number of carbonyl (C=O) groups is 1. The highest BCUT2D eigenvalue weighted by molar-refractivity contribution is 5.91. The van der Waals surface area contributed by atoms with Gasteiger partial charge in [-0.2, -0.15) is 0 Å². The molecule has 1 atom stereocenters. The SMILES string of the molecule is Cc1cc([N+](=O)[O-])ccc1NC(=O)CCN(C)[C@@H](C)C1CC1. The summed E-state index contributed by atoms with van der Waals surface area (Å²) in [5.74, 6) is 0.719. The summed E-state index contributed by atoms with van der Waals surface area (Å²) in [6, 6.07) is 4.98. The first kappa shape index (κ1) is 16.4. The van der Waals surface area contributed by atoms with Gasteiger partial charge in [-0.15, -0.1) is 0 Å². The van der Waals surface area contributed by atoms with E-state index in [1.54, 1.807) is 13.0 Å². The summed E-state index contributed by atoms with van der Waals surface area (Å²) < 4.78 is 0. The van der Waals surface area contributed by atoms with Crippen molar-refractivity contribution < 1.29 is 9.72 Å². The normalized spacial score (nSPS) is 15.6. The Kier molecular flexibility index (Phi) is 5.13. The highest BCUT2D eigenvalue weighted by Crippen LogP contribution is 2.34. The predicted molar refractivity (Wildman–Crippen MR) is 85.9 cm³/mol. The van der Waals surface area contributed by atoms with E-state index >= 15 is 0 Å². The summed E-state index contributed by atoms with van der Waals surface area (Å²) in [7, 11) is 2.05. The number of non-ortho nitro benzene ring substituents is 1. The molecule has 1 saturated carbocycles. The van der Waals surface area contributed by atoms with Crippen molar-refractivity contribution >= 4 is 17.3 Å². The molecule has 0 spiro atoms. The van der Waals surface area contributed by atoms with E-state index in [2.05, 4.69) is 17.1 Å². The number of nitrogens with zero attached hydrogens (tertiary/aromatic N) is 2. The van der Waals surface area contributed by atoms with Crippen LogP contribution in [0.1, 0.15) is 31.7 Å². The fourth-order valence-corrected chi connectivity index (χ4v) is 2.53. The van der Waals surface area contributed by atoms with Crippen molar-refractivity contribution in [3.63, 3.8) is 0 Å². The fourth-order valence-electron chi connectivity index (χ4n) is 2.53. The summed E-state index contributed by atoms with van der Waals surface area (Å²) in [5.41, 5.74) is 1.37. The third kappa shape index (κ3) is 4.27. The van der Waals surface area contributed by atoms with E-state index in [0.717, 1.165) is 12.5 Å². The number of carbonyl (C=O) groups excluding carboxylic acids is 1. The molecule has 0 aromatic heterocycles. The van der Waals surface area contributed by atoms with Crippen molar-refractivity contribution in [2.75, 3.05) is 18.9 Å². The fraction of sp³-hybridized carbons (Fsp3) is 0.562. The minimum Gasteiger partial charge on any atom is -0.326 e. The molecule has 6 nitrogen and oxygen atoms in total. The molecule has 0 heterocycles. The second-order valence-corrected chi connectivity index (χ2v) is 6.11. The number of nitro groups is 1. The maximum Gasteiger partial charge on any atom is 0.269 e. The Morgan fingerprint density at radius 2 is 2.18 bits per heavy atom. The Hall–Kier alpha value is -1.95. The lowest BCUT2D eigenvalue weighted by Gasteiger charge is -2.24. The molecule has 1 aromatic carbocycles. The van der Waals surface area contributed by atoms with Crippen LogP contribution < -0.4 is 5.32 Å². The molecule has 0 saturated heterocycles. The van der Waals surface area contributed by atoms with Crippen LogP contribution in [-0.2, 0) is 4.79 Å². The van der Waals surface area contributed by atoms with Crippen LogP contribution in [0.3, 0.4) is 0 Å². The average molecular weight is 305 g/mol. The quantitative estimate of drug-likeness (QED) is 0.620. The topological polar surface area (TPSA) is 75.5 Å². The van der Waals surface area contributed by atoms with Gasteiger partial charge in [-0.25, -0.2) is 0 Å². The van der Waals surface area contributed by atoms with E-state index in [4.69, 9.17) is 0 Å². The summed E-state index contributed by atoms with van der Waals surface area (Å²) in [6.07, 6.45) is 3.00. The molecule has 22 heavy (non-hydrogen) atoms. The molecule has 1 N–H and O–H groups in total. The summed E-state index contributed by atoms with van der Waals surface area (Å²) >= 11 is 0. The number of anilines is 1. The highest BCUT2D eigenvalue weighted by Gasteiger charge is 2.30. The molecule has 0 aliphatic heterocycles. The standard InChI is InChI=1S/C16H23N3O3/c1-11-10-14(19(21)22)6-7-15(11)17-16(20)8-9-18(3)12(2)13-4-5-13/h6-7,10,12-13H,4-5,8-9H2,1-3H3,(H,17,20)/t12-/m0/s1. The Morgan fingerprint density at radius 1 is 1.50 bits per heavy atom. The number of nitro benzene ring substituents is 1. The van der Waals surface area contributed by atoms with E-state index in [1.165, 1.54) is 25.0 Å². The summed E-state index contributed by atoms with van der Waals surface area (Å²) in [4.78, 5) is 24.5. The van der Waals surface area contributed by atoms with Gasteiger partial charge in [-0.3, -0.25) is 14.9 Å². The smallest absolute Gasteiger partial charge is 0.269 e. The number of amides is 1. The molecule has 1 aliphatic carbocycles. The van der Waals surface area contributed by atoms with Gasteiger partial charge in [-0.1, -0.05) is 0 Å². The maximum atomic E-state index is 12.0. The van der Waals surface area contributed by atoms with Gasteiger partial charge in [0.15, 0.2) is 0 Å². The monoisotopic (exact) mass is 305 g/mol. The van der Waals surface area contributed by atoms with E-state index in [9.17, 15) is 14.9 Å². The summed E-state index contributed by atoms with van der Waals surface area (Å²) in [6.45, 7) is 4.68. The molecule has 120 valence electrons. The van der Waals surface area contributed by atoms with Crippen molar-refractivity contribution in [1.29, 1.82) is 0 Å². The highest BCUT2D eigenvalue weighted by atomic mass is 16.6. The number of benzene rings is 1. The molecular weight excluding hydrogens is 282 g/mol. The molecule has 0 radical (unpaired) electrons. The number of hydrogen-bond acceptors (Lipinski definition) is 4. The molecule has 1 aliphatic rings. The van der Waals surface area contributed by atoms with Crippen molar-refractivity contribution in [1.82, 2.24) is 4.90 Å². The zero-order valence-corrected chi connectivity index (χ0v) is 13.3. The van der Waals surface area contributed by atoms with E-state index in [0.29, 0.717) is 23.7 Å². The van der Waals surface area contributed by atoms with Gasteiger partial charge in [0.1, 0.15) is 0 Å². The molecule has 0 unspecified atom stereocenters. The lowest BCUT2D eigenvalue weighted by atomic mass is 10.1. The first-order valence-corrected chi connectivity index (χ1v) is 7.63. The number of nitrogens with one attached hydrogen (secondary N) is 1. The maximum absolute atomic E-state index is 12.0. The van der Waals surface area contributed by atoms with Crippen LogP contribution in [0.4, 0.5) is 11.4 Å². The zero-order chi connectivity index (χ0) is 16.3. The van der Waals surface area contributed by atoms with Crippen LogP contribution in [0.5, 0.6) is 0 Å². The second kappa shape index (κ2) is 6.87. The largest absolute Gasteiger partial charge is 0.326 e. The van der Waals surface area contributed by atoms with Gasteiger partial charge in [-0.05, 0) is 51.3 Å². The Balaban J connectivity index is 1.85. The van der Waals surface area contributed by atoms with Gasteiger partial charge in [0.05, 0.1) is 4.92 Å². The molecule has 1 amide bonds. The van der Waals surface area contributed by atoms with Crippen molar-refractivity contribution in [3.05, 3.63) is 33.9 Å². The summed E-state index contributed by atoms with van der Waals surface area (Å²) in [5, 5.41) is 13.5. The van der Waals surface area contributed by atoms with Gasteiger partial charge >= 0.3 is 0 Å². The molecule has 6 heteroatoms. The number of hydrogen-bond donors (Lipinski definition) is 1. The molecule has 1 aromatic rings. The Bertz CT molecular complexity index is 570. The first-order chi connectivity index (χ1) is 10.4. The van der Waals surface area contributed by atoms with Crippen LogP contribution in [0, 0.1) is 23.0 Å². The third-order valence-corrected chi connectivity index (χ3v) is 4.39. The van der Waals surface area contributed by atoms with Crippen molar-refractivity contribution in [2.45, 2.75) is 39.2 Å². The van der Waals surface area contributed by atoms with Gasteiger partial charge in [0.2, 0.25) is 5.91 Å². The van der Waals surface area contributed by atoms with Crippen molar-refractivity contribution in [3.8, 4) is 0 Å². The van der Waals surface area contributed by atoms with Crippen molar-refractivity contribution in [2.24, 2.45) is 5.92 Å². The molecular formula is C16H23N3O3. The Labute approximate surface area is 130 Å². The van der Waals surface area contributed by atoms with Gasteiger partial charge < -0.3 is 10.2 Å². The van der Waals surface area contributed by atoms with Crippen LogP contribution in [0.2, 0.25) is 0 Å². The number of rotatable bonds is 7. The van der Waals surface area contributed by atoms with Crippen LogP contribution in [-0.4, -0.2) is 35.4 Å². The minimum absolute atomic E-state index is 0.0356. The lowest BCUT2D eigenvalue weighted by molar-refractivity contribution is -0.384. The van der Waals surface area contributed by atoms with E-state index in [1.807, 2.05) is 7.05 Å². The van der Waals surface area contributed by atoms with E-state index < -0.39 is 4.92 Å². The number of aryl methyl sites for hydroxylation is 1. The van der Waals surface area contributed by atoms with Crippen LogP contribution >= 0.6 is 0 Å². The molecule has 2 rings (SSSR count). The minimum atomic E-state index is -0.438. The zero-order valence-electron chi connectivity index (χ0n) is 13.3. The van der Waals surface area contributed by atoms with E-state index in [-0.39, 0.29) is 11.6 Å².